The van der Waals surface area contributed by atoms with E-state index < -0.39 is 15.7 Å². The maximum atomic E-state index is 13.3. The normalized spacial score (nSPS) is 14.4. The molecule has 3 N–H and O–H groups in total. The molecule has 10 heteroatoms. The molecule has 0 bridgehead atoms. The molecule has 1 aliphatic heterocycles. The molecule has 0 saturated carbocycles. The third-order valence-electron chi connectivity index (χ3n) is 5.36. The zero-order chi connectivity index (χ0) is 22.9. The molecular formula is C22H23N5O4S. The summed E-state index contributed by atoms with van der Waals surface area (Å²) in [5, 5.41) is -0.235. The molecule has 1 aliphatic rings. The monoisotopic (exact) mass is 453 g/mol. The van der Waals surface area contributed by atoms with Crippen molar-refractivity contribution in [2.24, 2.45) is 5.73 Å². The van der Waals surface area contributed by atoms with Crippen LogP contribution >= 0.6 is 0 Å². The molecule has 0 atom stereocenters. The van der Waals surface area contributed by atoms with Gasteiger partial charge in [0.25, 0.3) is 5.91 Å². The molecule has 1 fully saturated rings. The van der Waals surface area contributed by atoms with E-state index >= 15 is 0 Å². The van der Waals surface area contributed by atoms with E-state index in [0.29, 0.717) is 43.0 Å². The van der Waals surface area contributed by atoms with Crippen molar-refractivity contribution in [2.75, 3.05) is 37.3 Å². The second kappa shape index (κ2) is 8.46. The highest BCUT2D eigenvalue weighted by atomic mass is 32.2. The van der Waals surface area contributed by atoms with Crippen molar-refractivity contribution in [3.05, 3.63) is 65.9 Å². The van der Waals surface area contributed by atoms with E-state index in [2.05, 4.69) is 14.9 Å². The number of hydrogen-bond acceptors (Lipinski definition) is 6. The Hall–Kier alpha value is -3.66. The van der Waals surface area contributed by atoms with E-state index in [1.165, 1.54) is 0 Å². The fourth-order valence-electron chi connectivity index (χ4n) is 3.67. The van der Waals surface area contributed by atoms with Gasteiger partial charge >= 0.3 is 0 Å². The predicted molar refractivity (Wildman–Crippen MR) is 120 cm³/mol. The van der Waals surface area contributed by atoms with Crippen LogP contribution in [0.1, 0.15) is 20.8 Å². The zero-order valence-electron chi connectivity index (χ0n) is 17.5. The average Bonchev–Trinajstić information content (AvgIpc) is 3.25. The van der Waals surface area contributed by atoms with Gasteiger partial charge in [0.2, 0.25) is 20.9 Å². The fourth-order valence-corrected chi connectivity index (χ4v) is 4.21. The highest BCUT2D eigenvalue weighted by molar-refractivity contribution is 7.90. The van der Waals surface area contributed by atoms with Crippen LogP contribution in [0, 0.1) is 0 Å². The summed E-state index contributed by atoms with van der Waals surface area (Å²) in [5.41, 5.74) is 7.78. The number of carbonyl (C=O) groups excluding carboxylic acids is 2. The minimum absolute atomic E-state index is 0.154. The van der Waals surface area contributed by atoms with Crippen molar-refractivity contribution in [3.8, 4) is 11.3 Å². The number of imidazole rings is 1. The standard InChI is InChI=1S/C22H23N5O4S/c1-32(30,31)22-24-18(15-6-3-2-4-7-15)19(25-22)21(29)27-12-10-26(11-13-27)17-9-5-8-16(14-17)20(23)28/h2-9,14H,10-13H2,1H3,(H2,23,28)(H,24,25). The van der Waals surface area contributed by atoms with Crippen molar-refractivity contribution in [1.82, 2.24) is 14.9 Å². The van der Waals surface area contributed by atoms with E-state index in [-0.39, 0.29) is 16.8 Å². The number of aromatic amines is 1. The molecule has 1 aromatic heterocycles. The van der Waals surface area contributed by atoms with Gasteiger partial charge in [-0.15, -0.1) is 0 Å². The molecule has 2 amide bonds. The quantitative estimate of drug-likeness (QED) is 0.603. The smallest absolute Gasteiger partial charge is 0.272 e. The predicted octanol–water partition coefficient (Wildman–Crippen LogP) is 1.54. The lowest BCUT2D eigenvalue weighted by atomic mass is 10.1. The molecular weight excluding hydrogens is 430 g/mol. The van der Waals surface area contributed by atoms with Gasteiger partial charge in [-0.2, -0.15) is 0 Å². The number of H-pyrrole nitrogens is 1. The number of hydrogen-bond donors (Lipinski definition) is 2. The molecule has 3 aromatic rings. The van der Waals surface area contributed by atoms with Gasteiger partial charge in [-0.1, -0.05) is 36.4 Å². The largest absolute Gasteiger partial charge is 0.368 e. The first-order valence-electron chi connectivity index (χ1n) is 10.0. The molecule has 166 valence electrons. The van der Waals surface area contributed by atoms with Crippen molar-refractivity contribution >= 4 is 27.3 Å². The van der Waals surface area contributed by atoms with Crippen LogP contribution in [0.4, 0.5) is 5.69 Å². The van der Waals surface area contributed by atoms with Gasteiger partial charge in [-0.25, -0.2) is 13.4 Å². The summed E-state index contributed by atoms with van der Waals surface area (Å²) in [6.45, 7) is 1.98. The second-order valence-electron chi connectivity index (χ2n) is 7.60. The Balaban J connectivity index is 1.56. The summed E-state index contributed by atoms with van der Waals surface area (Å²) in [6.07, 6.45) is 1.05. The molecule has 2 heterocycles. The lowest BCUT2D eigenvalue weighted by molar-refractivity contribution is 0.0741. The summed E-state index contributed by atoms with van der Waals surface area (Å²) >= 11 is 0. The number of rotatable bonds is 5. The third-order valence-corrected chi connectivity index (χ3v) is 6.25. The molecule has 1 saturated heterocycles. The van der Waals surface area contributed by atoms with Gasteiger partial charge in [0, 0.05) is 49.2 Å². The van der Waals surface area contributed by atoms with Crippen LogP contribution in [0.2, 0.25) is 0 Å². The van der Waals surface area contributed by atoms with Gasteiger partial charge in [-0.3, -0.25) is 9.59 Å². The van der Waals surface area contributed by atoms with E-state index in [1.54, 1.807) is 47.4 Å². The first kappa shape index (κ1) is 21.6. The van der Waals surface area contributed by atoms with Gasteiger partial charge in [0.1, 0.15) is 11.4 Å². The van der Waals surface area contributed by atoms with E-state index in [0.717, 1.165) is 11.9 Å². The SMILES string of the molecule is CS(=O)(=O)c1nc(-c2ccccc2)c(C(=O)N2CCN(c3cccc(C(N)=O)c3)CC2)[nH]1. The molecule has 32 heavy (non-hydrogen) atoms. The number of sulfone groups is 1. The second-order valence-corrected chi connectivity index (χ2v) is 9.53. The number of aromatic nitrogens is 2. The highest BCUT2D eigenvalue weighted by Gasteiger charge is 2.28. The Bertz CT molecular complexity index is 1260. The van der Waals surface area contributed by atoms with Gasteiger partial charge in [0.05, 0.1) is 0 Å². The number of nitrogens with two attached hydrogens (primary N) is 1. The van der Waals surface area contributed by atoms with Gasteiger partial charge in [0.15, 0.2) is 0 Å². The molecule has 0 spiro atoms. The van der Waals surface area contributed by atoms with Gasteiger partial charge in [-0.05, 0) is 18.2 Å². The van der Waals surface area contributed by atoms with E-state index in [9.17, 15) is 18.0 Å². The van der Waals surface area contributed by atoms with Crippen molar-refractivity contribution in [2.45, 2.75) is 5.16 Å². The Morgan fingerprint density at radius 1 is 1.00 bits per heavy atom. The number of benzene rings is 2. The van der Waals surface area contributed by atoms with Gasteiger partial charge < -0.3 is 20.5 Å². The summed E-state index contributed by atoms with van der Waals surface area (Å²) in [6, 6.07) is 16.1. The first-order chi connectivity index (χ1) is 15.2. The maximum absolute atomic E-state index is 13.3. The number of amides is 2. The van der Waals surface area contributed by atoms with Crippen LogP contribution in [0.15, 0.2) is 59.8 Å². The van der Waals surface area contributed by atoms with E-state index in [1.807, 2.05) is 12.1 Å². The van der Waals surface area contributed by atoms with Crippen LogP contribution in [0.3, 0.4) is 0 Å². The van der Waals surface area contributed by atoms with Crippen LogP contribution in [-0.2, 0) is 9.84 Å². The number of piperazine rings is 1. The Morgan fingerprint density at radius 3 is 2.31 bits per heavy atom. The summed E-state index contributed by atoms with van der Waals surface area (Å²) in [4.78, 5) is 35.4. The Kier molecular flexibility index (Phi) is 5.70. The topological polar surface area (TPSA) is 129 Å². The number of primary amides is 1. The van der Waals surface area contributed by atoms with Crippen LogP contribution in [0.5, 0.6) is 0 Å². The summed E-state index contributed by atoms with van der Waals surface area (Å²) in [5.74, 6) is -0.799. The summed E-state index contributed by atoms with van der Waals surface area (Å²) in [7, 11) is -3.62. The van der Waals surface area contributed by atoms with Crippen molar-refractivity contribution in [1.29, 1.82) is 0 Å². The Labute approximate surface area is 185 Å². The number of carbonyl (C=O) groups is 2. The van der Waals surface area contributed by atoms with Crippen molar-refractivity contribution < 1.29 is 18.0 Å². The lowest BCUT2D eigenvalue weighted by Gasteiger charge is -2.36. The lowest BCUT2D eigenvalue weighted by Crippen LogP contribution is -2.49. The zero-order valence-corrected chi connectivity index (χ0v) is 18.3. The molecule has 2 aromatic carbocycles. The maximum Gasteiger partial charge on any atom is 0.272 e. The number of nitrogens with one attached hydrogen (secondary N) is 1. The average molecular weight is 454 g/mol. The minimum atomic E-state index is -3.62. The number of anilines is 1. The van der Waals surface area contributed by atoms with Crippen LogP contribution in [0.25, 0.3) is 11.3 Å². The first-order valence-corrected chi connectivity index (χ1v) is 11.9. The third kappa shape index (κ3) is 4.35. The van der Waals surface area contributed by atoms with Crippen LogP contribution < -0.4 is 10.6 Å². The Morgan fingerprint density at radius 2 is 1.69 bits per heavy atom. The molecule has 0 aliphatic carbocycles. The van der Waals surface area contributed by atoms with Crippen molar-refractivity contribution in [3.63, 3.8) is 0 Å². The molecule has 0 radical (unpaired) electrons. The summed E-state index contributed by atoms with van der Waals surface area (Å²) < 4.78 is 24.1. The minimum Gasteiger partial charge on any atom is -0.368 e. The highest BCUT2D eigenvalue weighted by Crippen LogP contribution is 2.25. The van der Waals surface area contributed by atoms with Crippen LogP contribution in [-0.4, -0.2) is 67.5 Å². The molecule has 0 unspecified atom stereocenters. The fraction of sp³-hybridized carbons (Fsp3) is 0.227. The number of nitrogens with zero attached hydrogens (tertiary/aromatic N) is 3. The molecule has 9 nitrogen and oxygen atoms in total. The van der Waals surface area contributed by atoms with E-state index in [4.69, 9.17) is 5.73 Å². The molecule has 4 rings (SSSR count).